The Bertz CT molecular complexity index is 486. The summed E-state index contributed by atoms with van der Waals surface area (Å²) in [4.78, 5) is 11.3. The second-order valence-corrected chi connectivity index (χ2v) is 8.59. The Hall–Kier alpha value is -0.0200. The molecule has 1 N–H and O–H groups in total. The Balaban J connectivity index is 0.00000192. The van der Waals surface area contributed by atoms with Crippen LogP contribution >= 0.6 is 47.1 Å². The van der Waals surface area contributed by atoms with E-state index < -0.39 is 0 Å². The van der Waals surface area contributed by atoms with Crippen LogP contribution in [0.1, 0.15) is 38.5 Å². The fourth-order valence-corrected chi connectivity index (χ4v) is 5.34. The highest BCUT2D eigenvalue weighted by atomic mass is 127. The van der Waals surface area contributed by atoms with Gasteiger partial charge in [-0.05, 0) is 31.1 Å². The molecule has 2 aliphatic rings. The molecule has 0 radical (unpaired) electrons. The van der Waals surface area contributed by atoms with Gasteiger partial charge in [-0.2, -0.15) is 0 Å². The summed E-state index contributed by atoms with van der Waals surface area (Å²) in [6.45, 7) is 3.38. The average molecular weight is 466 g/mol. The predicted octanol–water partition coefficient (Wildman–Crippen LogP) is 4.08. The van der Waals surface area contributed by atoms with E-state index in [2.05, 4.69) is 20.2 Å². The normalized spacial score (nSPS) is 20.0. The summed E-state index contributed by atoms with van der Waals surface area (Å²) < 4.78 is 1.17. The third kappa shape index (κ3) is 5.22. The van der Waals surface area contributed by atoms with Crippen LogP contribution < -0.4 is 5.32 Å². The second-order valence-electron chi connectivity index (χ2n) is 6.35. The lowest BCUT2D eigenvalue weighted by atomic mass is 9.86. The third-order valence-electron chi connectivity index (χ3n) is 4.85. The number of guanidine groups is 1. The zero-order valence-electron chi connectivity index (χ0n) is 13.8. The van der Waals surface area contributed by atoms with Crippen LogP contribution in [0.15, 0.2) is 20.9 Å². The van der Waals surface area contributed by atoms with Gasteiger partial charge >= 0.3 is 0 Å². The summed E-state index contributed by atoms with van der Waals surface area (Å²) in [7, 11) is 1.91. The fourth-order valence-electron chi connectivity index (χ4n) is 3.69. The molecule has 1 aliphatic carbocycles. The third-order valence-corrected chi connectivity index (χ3v) is 6.91. The van der Waals surface area contributed by atoms with Crippen LogP contribution in [-0.2, 0) is 0 Å². The Morgan fingerprint density at radius 2 is 2.26 bits per heavy atom. The Morgan fingerprint density at radius 3 is 2.96 bits per heavy atom. The lowest BCUT2D eigenvalue weighted by molar-refractivity contribution is 0.309. The standard InChI is InChI=1S/C16H26N4S2.HI/c1-17-14(18-8-4-11-21-15-19-9-12-22-15)20-10-7-16(13-20)5-2-3-6-16;/h9,12H,2-8,10-11,13H2,1H3,(H,17,18);1H. The smallest absolute Gasteiger partial charge is 0.193 e. The van der Waals surface area contributed by atoms with Crippen LogP contribution in [0.4, 0.5) is 0 Å². The first-order chi connectivity index (χ1) is 10.8. The number of hydrogen-bond donors (Lipinski definition) is 1. The van der Waals surface area contributed by atoms with E-state index >= 15 is 0 Å². The predicted molar refractivity (Wildman–Crippen MR) is 111 cm³/mol. The first-order valence-corrected chi connectivity index (χ1v) is 10.2. The zero-order chi connectivity index (χ0) is 15.3. The van der Waals surface area contributed by atoms with Crippen molar-refractivity contribution in [2.45, 2.75) is 42.9 Å². The molecule has 1 spiro atoms. The summed E-state index contributed by atoms with van der Waals surface area (Å²) in [5.74, 6) is 2.21. The van der Waals surface area contributed by atoms with Crippen molar-refractivity contribution in [2.24, 2.45) is 10.4 Å². The monoisotopic (exact) mass is 466 g/mol. The molecular formula is C16H27IN4S2. The molecule has 1 aromatic rings. The average Bonchev–Trinajstić information content (AvgIpc) is 3.27. The minimum atomic E-state index is 0. The van der Waals surface area contributed by atoms with Gasteiger partial charge in [-0.15, -0.1) is 35.3 Å². The van der Waals surface area contributed by atoms with Crippen LogP contribution in [0, 0.1) is 5.41 Å². The molecule has 0 aromatic carbocycles. The van der Waals surface area contributed by atoms with Crippen molar-refractivity contribution < 1.29 is 0 Å². The molecular weight excluding hydrogens is 439 g/mol. The first kappa shape index (κ1) is 19.3. The van der Waals surface area contributed by atoms with Crippen LogP contribution in [-0.4, -0.2) is 48.3 Å². The van der Waals surface area contributed by atoms with Crippen LogP contribution in [0.3, 0.4) is 0 Å². The van der Waals surface area contributed by atoms with E-state index in [-0.39, 0.29) is 24.0 Å². The molecule has 0 amide bonds. The summed E-state index contributed by atoms with van der Waals surface area (Å²) in [6, 6.07) is 0. The van der Waals surface area contributed by atoms with Crippen molar-refractivity contribution >= 4 is 53.0 Å². The number of rotatable bonds is 5. The topological polar surface area (TPSA) is 40.5 Å². The molecule has 23 heavy (non-hydrogen) atoms. The summed E-state index contributed by atoms with van der Waals surface area (Å²) in [5, 5.41) is 5.58. The second kappa shape index (κ2) is 9.46. The molecule has 0 atom stereocenters. The molecule has 0 bridgehead atoms. The lowest BCUT2D eigenvalue weighted by Gasteiger charge is -2.25. The number of halogens is 1. The highest BCUT2D eigenvalue weighted by molar-refractivity contribution is 14.0. The maximum atomic E-state index is 4.49. The van der Waals surface area contributed by atoms with Crippen molar-refractivity contribution in [3.63, 3.8) is 0 Å². The van der Waals surface area contributed by atoms with Gasteiger partial charge in [0.05, 0.1) is 0 Å². The van der Waals surface area contributed by atoms with Crippen LogP contribution in [0.5, 0.6) is 0 Å². The number of nitrogens with one attached hydrogen (secondary N) is 1. The van der Waals surface area contributed by atoms with Gasteiger partial charge in [0.2, 0.25) is 0 Å². The largest absolute Gasteiger partial charge is 0.356 e. The molecule has 1 saturated carbocycles. The van der Waals surface area contributed by atoms with Gasteiger partial charge in [0, 0.05) is 44.0 Å². The van der Waals surface area contributed by atoms with Crippen molar-refractivity contribution in [3.8, 4) is 0 Å². The summed E-state index contributed by atoms with van der Waals surface area (Å²) in [6.07, 6.45) is 10.1. The quantitative estimate of drug-likeness (QED) is 0.233. The molecule has 7 heteroatoms. The van der Waals surface area contributed by atoms with E-state index in [0.29, 0.717) is 5.41 Å². The minimum absolute atomic E-state index is 0. The van der Waals surface area contributed by atoms with E-state index in [1.807, 2.05) is 30.4 Å². The van der Waals surface area contributed by atoms with E-state index in [1.54, 1.807) is 11.3 Å². The van der Waals surface area contributed by atoms with E-state index in [1.165, 1.54) is 49.5 Å². The summed E-state index contributed by atoms with van der Waals surface area (Å²) in [5.41, 5.74) is 0.609. The lowest BCUT2D eigenvalue weighted by Crippen LogP contribution is -2.41. The number of nitrogens with zero attached hydrogens (tertiary/aromatic N) is 3. The van der Waals surface area contributed by atoms with Gasteiger partial charge in [0.15, 0.2) is 5.96 Å². The first-order valence-electron chi connectivity index (χ1n) is 8.29. The van der Waals surface area contributed by atoms with Gasteiger partial charge in [0.1, 0.15) is 4.34 Å². The Morgan fingerprint density at radius 1 is 1.43 bits per heavy atom. The molecule has 1 saturated heterocycles. The number of aliphatic imine (C=N–C) groups is 1. The highest BCUT2D eigenvalue weighted by Gasteiger charge is 2.40. The number of hydrogen-bond acceptors (Lipinski definition) is 4. The van der Waals surface area contributed by atoms with Gasteiger partial charge in [-0.3, -0.25) is 4.99 Å². The minimum Gasteiger partial charge on any atom is -0.356 e. The van der Waals surface area contributed by atoms with Gasteiger partial charge in [-0.1, -0.05) is 24.6 Å². The van der Waals surface area contributed by atoms with E-state index in [9.17, 15) is 0 Å². The van der Waals surface area contributed by atoms with Crippen molar-refractivity contribution in [3.05, 3.63) is 11.6 Å². The van der Waals surface area contributed by atoms with Crippen molar-refractivity contribution in [1.29, 1.82) is 0 Å². The fraction of sp³-hybridized carbons (Fsp3) is 0.750. The molecule has 130 valence electrons. The van der Waals surface area contributed by atoms with Crippen LogP contribution in [0.25, 0.3) is 0 Å². The molecule has 1 aromatic heterocycles. The van der Waals surface area contributed by atoms with Crippen LogP contribution in [0.2, 0.25) is 0 Å². The summed E-state index contributed by atoms with van der Waals surface area (Å²) >= 11 is 3.57. The molecule has 2 fully saturated rings. The Kier molecular flexibility index (Phi) is 7.94. The van der Waals surface area contributed by atoms with Gasteiger partial charge < -0.3 is 10.2 Å². The molecule has 3 rings (SSSR count). The maximum absolute atomic E-state index is 4.49. The Labute approximate surface area is 164 Å². The van der Waals surface area contributed by atoms with Gasteiger partial charge in [-0.25, -0.2) is 4.98 Å². The number of thioether (sulfide) groups is 1. The van der Waals surface area contributed by atoms with Gasteiger partial charge in [0.25, 0.3) is 0 Å². The van der Waals surface area contributed by atoms with E-state index in [0.717, 1.165) is 24.7 Å². The van der Waals surface area contributed by atoms with Crippen molar-refractivity contribution in [1.82, 2.24) is 15.2 Å². The molecule has 0 unspecified atom stereocenters. The molecule has 4 nitrogen and oxygen atoms in total. The SMILES string of the molecule is CN=C(NCCCSc1nccs1)N1CCC2(CCCC2)C1.I. The maximum Gasteiger partial charge on any atom is 0.193 e. The highest BCUT2D eigenvalue weighted by Crippen LogP contribution is 2.45. The number of aromatic nitrogens is 1. The molecule has 1 aliphatic heterocycles. The number of thiazole rings is 1. The number of likely N-dealkylation sites (tertiary alicyclic amines) is 1. The van der Waals surface area contributed by atoms with Crippen molar-refractivity contribution in [2.75, 3.05) is 32.4 Å². The molecule has 2 heterocycles. The van der Waals surface area contributed by atoms with E-state index in [4.69, 9.17) is 0 Å². The zero-order valence-corrected chi connectivity index (χ0v) is 17.8.